The van der Waals surface area contributed by atoms with E-state index in [2.05, 4.69) is 10.5 Å². The van der Waals surface area contributed by atoms with Crippen molar-refractivity contribution in [2.75, 3.05) is 5.75 Å². The lowest BCUT2D eigenvalue weighted by Crippen LogP contribution is -2.41. The van der Waals surface area contributed by atoms with E-state index in [1.807, 2.05) is 0 Å². The Morgan fingerprint density at radius 2 is 2.00 bits per heavy atom. The third kappa shape index (κ3) is 6.38. The molecule has 82 valence electrons. The third-order valence-corrected chi connectivity index (χ3v) is 2.17. The number of carbonyl (C=O) groups is 2. The lowest BCUT2D eigenvalue weighted by Gasteiger charge is -2.11. The van der Waals surface area contributed by atoms with Crippen molar-refractivity contribution in [3.05, 3.63) is 0 Å². The molecule has 0 heterocycles. The molecule has 1 unspecified atom stereocenters. The quantitative estimate of drug-likeness (QED) is 0.510. The fraction of sp³-hybridized carbons (Fsp3) is 0.667. The van der Waals surface area contributed by atoms with Crippen LogP contribution in [0.2, 0.25) is 0 Å². The fourth-order valence-electron chi connectivity index (χ4n) is 0.785. The molecule has 0 saturated carbocycles. The molecule has 0 aliphatic carbocycles. The third-order valence-electron chi connectivity index (χ3n) is 1.37. The van der Waals surface area contributed by atoms with Gasteiger partial charge in [-0.2, -0.15) is 0 Å². The average Bonchev–Trinajstić information content (AvgIpc) is 1.94. The minimum Gasteiger partial charge on any atom is -0.480 e. The number of carboxylic acids is 1. The Morgan fingerprint density at radius 3 is 2.29 bits per heavy atom. The number of hydrogen-bond acceptors (Lipinski definition) is 4. The van der Waals surface area contributed by atoms with Crippen LogP contribution in [0, 0.1) is 0 Å². The Balaban J connectivity index is 4.25. The number of aliphatic carboxylic acids is 1. The van der Waals surface area contributed by atoms with E-state index in [1.165, 1.54) is 0 Å². The first kappa shape index (κ1) is 12.8. The maximum Gasteiger partial charge on any atom is 0.326 e. The molecule has 0 aromatic heterocycles. The van der Waals surface area contributed by atoms with Crippen LogP contribution < -0.4 is 10.5 Å². The first-order valence-electron chi connectivity index (χ1n) is 3.73. The SMILES string of the molecule is CC(=O)NC(CCS(N)(=O)=O)C(=O)O. The number of amides is 1. The van der Waals surface area contributed by atoms with Gasteiger partial charge < -0.3 is 10.4 Å². The normalized spacial score (nSPS) is 13.3. The van der Waals surface area contributed by atoms with Crippen molar-refractivity contribution in [2.45, 2.75) is 19.4 Å². The predicted octanol–water partition coefficient (Wildman–Crippen LogP) is -1.75. The molecule has 14 heavy (non-hydrogen) atoms. The first-order valence-corrected chi connectivity index (χ1v) is 5.44. The highest BCUT2D eigenvalue weighted by atomic mass is 32.2. The van der Waals surface area contributed by atoms with Gasteiger partial charge in [0, 0.05) is 6.92 Å². The molecule has 0 spiro atoms. The van der Waals surface area contributed by atoms with Crippen LogP contribution in [-0.2, 0) is 19.6 Å². The van der Waals surface area contributed by atoms with Crippen molar-refractivity contribution in [1.29, 1.82) is 0 Å². The van der Waals surface area contributed by atoms with E-state index >= 15 is 0 Å². The molecule has 0 aromatic rings. The molecule has 8 heteroatoms. The largest absolute Gasteiger partial charge is 0.480 e. The topological polar surface area (TPSA) is 127 Å². The van der Waals surface area contributed by atoms with Crippen LogP contribution in [0.5, 0.6) is 0 Å². The second-order valence-electron chi connectivity index (χ2n) is 2.75. The molecule has 7 nitrogen and oxygen atoms in total. The van der Waals surface area contributed by atoms with Crippen LogP contribution in [0.3, 0.4) is 0 Å². The molecule has 0 saturated heterocycles. The molecular formula is C6H12N2O5S. The van der Waals surface area contributed by atoms with Gasteiger partial charge in [0.1, 0.15) is 6.04 Å². The van der Waals surface area contributed by atoms with Gasteiger partial charge in [-0.05, 0) is 6.42 Å². The van der Waals surface area contributed by atoms with Gasteiger partial charge in [-0.3, -0.25) is 4.79 Å². The van der Waals surface area contributed by atoms with Crippen molar-refractivity contribution in [3.8, 4) is 0 Å². The van der Waals surface area contributed by atoms with Gasteiger partial charge in [0.2, 0.25) is 15.9 Å². The fourth-order valence-corrected chi connectivity index (χ4v) is 1.35. The Hall–Kier alpha value is -1.15. The molecule has 0 aliphatic rings. The molecular weight excluding hydrogens is 212 g/mol. The van der Waals surface area contributed by atoms with Gasteiger partial charge in [0.05, 0.1) is 5.75 Å². The van der Waals surface area contributed by atoms with E-state index in [0.29, 0.717) is 0 Å². The van der Waals surface area contributed by atoms with Crippen molar-refractivity contribution in [3.63, 3.8) is 0 Å². The first-order chi connectivity index (χ1) is 6.22. The highest BCUT2D eigenvalue weighted by Crippen LogP contribution is 1.95. The van der Waals surface area contributed by atoms with Crippen LogP contribution in [0.4, 0.5) is 0 Å². The van der Waals surface area contributed by atoms with Crippen molar-refractivity contribution < 1.29 is 23.1 Å². The summed E-state index contributed by atoms with van der Waals surface area (Å²) >= 11 is 0. The smallest absolute Gasteiger partial charge is 0.326 e. The van der Waals surface area contributed by atoms with Crippen molar-refractivity contribution in [1.82, 2.24) is 5.32 Å². The number of carboxylic acid groups (broad SMARTS) is 1. The van der Waals surface area contributed by atoms with E-state index in [1.54, 1.807) is 0 Å². The summed E-state index contributed by atoms with van der Waals surface area (Å²) in [6.45, 7) is 1.15. The molecule has 0 bridgehead atoms. The summed E-state index contributed by atoms with van der Waals surface area (Å²) in [4.78, 5) is 21.0. The summed E-state index contributed by atoms with van der Waals surface area (Å²) < 4.78 is 21.0. The number of sulfonamides is 1. The number of rotatable bonds is 5. The Bertz CT molecular complexity index is 323. The minimum atomic E-state index is -3.70. The maximum atomic E-state index is 10.5. The monoisotopic (exact) mass is 224 g/mol. The van der Waals surface area contributed by atoms with Crippen molar-refractivity contribution in [2.24, 2.45) is 5.14 Å². The Kier molecular flexibility index (Phi) is 4.51. The molecule has 0 rings (SSSR count). The van der Waals surface area contributed by atoms with E-state index in [0.717, 1.165) is 6.92 Å². The molecule has 4 N–H and O–H groups in total. The number of hydrogen-bond donors (Lipinski definition) is 3. The predicted molar refractivity (Wildman–Crippen MR) is 47.8 cm³/mol. The number of carbonyl (C=O) groups excluding carboxylic acids is 1. The van der Waals surface area contributed by atoms with Gasteiger partial charge in [0.15, 0.2) is 0 Å². The maximum absolute atomic E-state index is 10.5. The van der Waals surface area contributed by atoms with E-state index < -0.39 is 33.7 Å². The zero-order valence-corrected chi connectivity index (χ0v) is 8.37. The Morgan fingerprint density at radius 1 is 1.50 bits per heavy atom. The summed E-state index contributed by atoms with van der Waals surface area (Å²) in [5.74, 6) is -2.31. The molecule has 0 aliphatic heterocycles. The molecule has 0 aromatic carbocycles. The van der Waals surface area contributed by atoms with Crippen LogP contribution in [0.1, 0.15) is 13.3 Å². The lowest BCUT2D eigenvalue weighted by atomic mass is 10.2. The van der Waals surface area contributed by atoms with Gasteiger partial charge in [-0.25, -0.2) is 18.4 Å². The molecule has 1 atom stereocenters. The Labute approximate surface area is 81.3 Å². The second-order valence-corrected chi connectivity index (χ2v) is 4.48. The number of primary sulfonamides is 1. The van der Waals surface area contributed by atoms with Crippen LogP contribution in [0.15, 0.2) is 0 Å². The summed E-state index contributed by atoms with van der Waals surface area (Å²) in [7, 11) is -3.70. The molecule has 0 radical (unpaired) electrons. The van der Waals surface area contributed by atoms with Crippen molar-refractivity contribution >= 4 is 21.9 Å². The zero-order chi connectivity index (χ0) is 11.4. The zero-order valence-electron chi connectivity index (χ0n) is 7.56. The lowest BCUT2D eigenvalue weighted by molar-refractivity contribution is -0.141. The van der Waals surface area contributed by atoms with Gasteiger partial charge >= 0.3 is 5.97 Å². The highest BCUT2D eigenvalue weighted by molar-refractivity contribution is 7.89. The summed E-state index contributed by atoms with van der Waals surface area (Å²) in [6.07, 6.45) is -0.242. The number of nitrogens with one attached hydrogen (secondary N) is 1. The summed E-state index contributed by atoms with van der Waals surface area (Å²) in [5.41, 5.74) is 0. The summed E-state index contributed by atoms with van der Waals surface area (Å²) in [6, 6.07) is -1.22. The van der Waals surface area contributed by atoms with Crippen LogP contribution >= 0.6 is 0 Å². The molecule has 0 fully saturated rings. The van der Waals surface area contributed by atoms with Gasteiger partial charge in [-0.15, -0.1) is 0 Å². The molecule has 1 amide bonds. The average molecular weight is 224 g/mol. The standard InChI is InChI=1S/C6H12N2O5S/c1-4(9)8-5(6(10)11)2-3-14(7,12)13/h5H,2-3H2,1H3,(H,8,9)(H,10,11)(H2,7,12,13). The van der Waals surface area contributed by atoms with E-state index in [9.17, 15) is 18.0 Å². The summed E-state index contributed by atoms with van der Waals surface area (Å²) in [5, 5.41) is 15.3. The van der Waals surface area contributed by atoms with Gasteiger partial charge in [-0.1, -0.05) is 0 Å². The van der Waals surface area contributed by atoms with Crippen LogP contribution in [-0.4, -0.2) is 37.2 Å². The van der Waals surface area contributed by atoms with E-state index in [4.69, 9.17) is 5.11 Å². The minimum absolute atomic E-state index is 0.242. The van der Waals surface area contributed by atoms with Gasteiger partial charge in [0.25, 0.3) is 0 Å². The van der Waals surface area contributed by atoms with E-state index in [-0.39, 0.29) is 6.42 Å². The van der Waals surface area contributed by atoms with Crippen LogP contribution in [0.25, 0.3) is 0 Å². The highest BCUT2D eigenvalue weighted by Gasteiger charge is 2.20. The number of nitrogens with two attached hydrogens (primary N) is 1. The second kappa shape index (κ2) is 4.91.